The molecule has 21 heavy (non-hydrogen) atoms. The summed E-state index contributed by atoms with van der Waals surface area (Å²) in [6.45, 7) is 0. The maximum absolute atomic E-state index is 11.7. The van der Waals surface area contributed by atoms with E-state index < -0.39 is 5.97 Å². The third-order valence-electron chi connectivity index (χ3n) is 3.11. The molecule has 3 rings (SSSR count). The Morgan fingerprint density at radius 1 is 1.33 bits per heavy atom. The van der Waals surface area contributed by atoms with E-state index in [1.807, 2.05) is 41.3 Å². The molecule has 6 heteroatoms. The summed E-state index contributed by atoms with van der Waals surface area (Å²) in [5, 5.41) is 7.07. The zero-order valence-electron chi connectivity index (χ0n) is 11.1. The summed E-state index contributed by atoms with van der Waals surface area (Å²) in [4.78, 5) is 17.1. The summed E-state index contributed by atoms with van der Waals surface area (Å²) < 4.78 is 1.86. The minimum absolute atomic E-state index is 0.474. The van der Waals surface area contributed by atoms with Crippen LogP contribution in [0.1, 0.15) is 15.2 Å². The Bertz CT molecular complexity index is 822. The van der Waals surface area contributed by atoms with E-state index in [1.54, 1.807) is 12.1 Å². The molecular formula is C15H11ClN2O2S. The molecule has 4 nitrogen and oxygen atoms in total. The predicted octanol–water partition coefficient (Wildman–Crippen LogP) is 4.08. The van der Waals surface area contributed by atoms with Crippen LogP contribution >= 0.6 is 22.9 Å². The highest BCUT2D eigenvalue weighted by Crippen LogP contribution is 2.27. The van der Waals surface area contributed by atoms with Crippen molar-refractivity contribution in [2.45, 2.75) is 0 Å². The van der Waals surface area contributed by atoms with Crippen molar-refractivity contribution >= 4 is 46.0 Å². The first kappa shape index (κ1) is 13.9. The highest BCUT2D eigenvalue weighted by molar-refractivity contribution is 7.11. The first-order valence-corrected chi connectivity index (χ1v) is 7.45. The number of carbonyl (C=O) groups is 1. The highest BCUT2D eigenvalue weighted by atomic mass is 35.5. The Morgan fingerprint density at radius 3 is 2.90 bits per heavy atom. The summed E-state index contributed by atoms with van der Waals surface area (Å²) in [6.07, 6.45) is 1.47. The Kier molecular flexibility index (Phi) is 3.77. The molecule has 0 spiro atoms. The number of aryl methyl sites for hydroxylation is 1. The lowest BCUT2D eigenvalue weighted by Gasteiger charge is -1.95. The van der Waals surface area contributed by atoms with Crippen LogP contribution in [-0.4, -0.2) is 16.8 Å². The monoisotopic (exact) mass is 318 g/mol. The molecular weight excluding hydrogens is 308 g/mol. The molecule has 0 amide bonds. The van der Waals surface area contributed by atoms with Crippen LogP contribution in [0, 0.1) is 0 Å². The molecule has 2 heterocycles. The number of oxime groups is 1. The van der Waals surface area contributed by atoms with Gasteiger partial charge < -0.3 is 9.40 Å². The minimum Gasteiger partial charge on any atom is -0.334 e. The average molecular weight is 319 g/mol. The molecule has 0 saturated carbocycles. The molecule has 0 bridgehead atoms. The number of nitrogens with zero attached hydrogens (tertiary/aromatic N) is 2. The van der Waals surface area contributed by atoms with Crippen molar-refractivity contribution in [3.05, 3.63) is 57.4 Å². The molecule has 3 aromatic rings. The fourth-order valence-corrected chi connectivity index (χ4v) is 2.92. The average Bonchev–Trinajstić information content (AvgIpc) is 3.11. The molecule has 0 aliphatic heterocycles. The summed E-state index contributed by atoms with van der Waals surface area (Å²) in [5.74, 6) is -0.474. The van der Waals surface area contributed by atoms with Gasteiger partial charge in [0.25, 0.3) is 0 Å². The van der Waals surface area contributed by atoms with E-state index in [1.165, 1.54) is 17.6 Å². The second-order valence-corrected chi connectivity index (χ2v) is 5.68. The molecule has 0 unspecified atom stereocenters. The van der Waals surface area contributed by atoms with Gasteiger partial charge in [0.15, 0.2) is 0 Å². The minimum atomic E-state index is -0.474. The lowest BCUT2D eigenvalue weighted by atomic mass is 10.2. The fraction of sp³-hybridized carbons (Fsp3) is 0.0667. The third-order valence-corrected chi connectivity index (χ3v) is 4.42. The van der Waals surface area contributed by atoms with E-state index in [0.717, 1.165) is 16.5 Å². The van der Waals surface area contributed by atoms with Crippen LogP contribution in [0.15, 0.2) is 46.9 Å². The second kappa shape index (κ2) is 5.71. The zero-order valence-corrected chi connectivity index (χ0v) is 12.7. The van der Waals surface area contributed by atoms with Crippen LogP contribution in [-0.2, 0) is 11.9 Å². The highest BCUT2D eigenvalue weighted by Gasteiger charge is 2.12. The summed E-state index contributed by atoms with van der Waals surface area (Å²) in [6, 6.07) is 11.3. The number of para-hydroxylation sites is 1. The standard InChI is InChI=1S/C15H11ClN2O2S/c1-18-12-6-3-2-5-10(12)11(14(18)16)9-17-20-15(19)13-7-4-8-21-13/h2-9H,1H3. The lowest BCUT2D eigenvalue weighted by Crippen LogP contribution is -1.97. The van der Waals surface area contributed by atoms with Gasteiger partial charge >= 0.3 is 5.97 Å². The van der Waals surface area contributed by atoms with Crippen molar-refractivity contribution in [3.8, 4) is 0 Å². The summed E-state index contributed by atoms with van der Waals surface area (Å²) in [7, 11) is 1.87. The van der Waals surface area contributed by atoms with Crippen LogP contribution in [0.2, 0.25) is 5.15 Å². The summed E-state index contributed by atoms with van der Waals surface area (Å²) in [5.41, 5.74) is 1.72. The van der Waals surface area contributed by atoms with Gasteiger partial charge in [-0.3, -0.25) is 0 Å². The number of fused-ring (bicyclic) bond motifs is 1. The molecule has 106 valence electrons. The first-order valence-electron chi connectivity index (χ1n) is 6.19. The molecule has 0 aliphatic rings. The van der Waals surface area contributed by atoms with Crippen molar-refractivity contribution in [3.63, 3.8) is 0 Å². The topological polar surface area (TPSA) is 43.6 Å². The van der Waals surface area contributed by atoms with E-state index in [2.05, 4.69) is 5.16 Å². The molecule has 0 saturated heterocycles. The van der Waals surface area contributed by atoms with E-state index >= 15 is 0 Å². The van der Waals surface area contributed by atoms with Gasteiger partial charge in [-0.15, -0.1) is 11.3 Å². The molecule has 0 atom stereocenters. The number of rotatable bonds is 3. The van der Waals surface area contributed by atoms with E-state index in [0.29, 0.717) is 10.0 Å². The van der Waals surface area contributed by atoms with Crippen LogP contribution < -0.4 is 0 Å². The number of thiophene rings is 1. The second-order valence-electron chi connectivity index (χ2n) is 4.37. The van der Waals surface area contributed by atoms with E-state index in [4.69, 9.17) is 16.4 Å². The molecule has 0 radical (unpaired) electrons. The normalized spacial score (nSPS) is 11.3. The third kappa shape index (κ3) is 2.57. The van der Waals surface area contributed by atoms with Crippen molar-refractivity contribution in [1.29, 1.82) is 0 Å². The van der Waals surface area contributed by atoms with Gasteiger partial charge in [-0.2, -0.15) is 0 Å². The Balaban J connectivity index is 1.87. The van der Waals surface area contributed by atoms with Gasteiger partial charge in [0.2, 0.25) is 0 Å². The van der Waals surface area contributed by atoms with Gasteiger partial charge in [0.1, 0.15) is 10.0 Å². The smallest absolute Gasteiger partial charge is 0.334 e. The van der Waals surface area contributed by atoms with Crippen molar-refractivity contribution < 1.29 is 9.63 Å². The van der Waals surface area contributed by atoms with Gasteiger partial charge in [-0.1, -0.05) is 41.0 Å². The predicted molar refractivity (Wildman–Crippen MR) is 85.3 cm³/mol. The Hall–Kier alpha value is -2.11. The zero-order chi connectivity index (χ0) is 14.8. The fourth-order valence-electron chi connectivity index (χ4n) is 2.08. The largest absolute Gasteiger partial charge is 0.375 e. The van der Waals surface area contributed by atoms with Crippen LogP contribution in [0.3, 0.4) is 0 Å². The first-order chi connectivity index (χ1) is 10.2. The quantitative estimate of drug-likeness (QED) is 0.415. The maximum atomic E-state index is 11.7. The van der Waals surface area contributed by atoms with E-state index in [9.17, 15) is 4.79 Å². The number of hydrogen-bond donors (Lipinski definition) is 0. The van der Waals surface area contributed by atoms with Crippen LogP contribution in [0.25, 0.3) is 10.9 Å². The number of benzene rings is 1. The van der Waals surface area contributed by atoms with Crippen molar-refractivity contribution in [1.82, 2.24) is 4.57 Å². The SMILES string of the molecule is Cn1c(Cl)c(C=NOC(=O)c2cccs2)c2ccccc21. The molecule has 0 fully saturated rings. The number of carbonyl (C=O) groups excluding carboxylic acids is 1. The van der Waals surface area contributed by atoms with Gasteiger partial charge in [-0.25, -0.2) is 4.79 Å². The Labute approximate surface area is 130 Å². The summed E-state index contributed by atoms with van der Waals surface area (Å²) >= 11 is 7.59. The number of aromatic nitrogens is 1. The van der Waals surface area contributed by atoms with Crippen molar-refractivity contribution in [2.75, 3.05) is 0 Å². The molecule has 0 aliphatic carbocycles. The molecule has 1 aromatic carbocycles. The van der Waals surface area contributed by atoms with Gasteiger partial charge in [0, 0.05) is 23.5 Å². The number of halogens is 1. The molecule has 2 aromatic heterocycles. The van der Waals surface area contributed by atoms with E-state index in [-0.39, 0.29) is 0 Å². The molecule has 0 N–H and O–H groups in total. The lowest BCUT2D eigenvalue weighted by molar-refractivity contribution is 0.0525. The maximum Gasteiger partial charge on any atom is 0.375 e. The van der Waals surface area contributed by atoms with Gasteiger partial charge in [0.05, 0.1) is 6.21 Å². The van der Waals surface area contributed by atoms with Crippen molar-refractivity contribution in [2.24, 2.45) is 12.2 Å². The Morgan fingerprint density at radius 2 is 2.14 bits per heavy atom. The number of hydrogen-bond acceptors (Lipinski definition) is 4. The van der Waals surface area contributed by atoms with Crippen LogP contribution in [0.4, 0.5) is 0 Å². The van der Waals surface area contributed by atoms with Gasteiger partial charge in [-0.05, 0) is 17.5 Å². The van der Waals surface area contributed by atoms with Crippen LogP contribution in [0.5, 0.6) is 0 Å².